The van der Waals surface area contributed by atoms with Crippen molar-refractivity contribution in [2.45, 2.75) is 13.5 Å². The lowest BCUT2D eigenvalue weighted by Gasteiger charge is -2.14. The second kappa shape index (κ2) is 10.9. The molecule has 2 N–H and O–H groups in total. The largest absolute Gasteiger partial charge is 0.497 e. The number of rotatable bonds is 10. The quantitative estimate of drug-likeness (QED) is 0.486. The number of hydrogen-bond acceptors (Lipinski definition) is 5. The fourth-order valence-electron chi connectivity index (χ4n) is 2.84. The number of hydrogen-bond donors (Lipinski definition) is 2. The third-order valence-corrected chi connectivity index (χ3v) is 4.38. The van der Waals surface area contributed by atoms with Crippen molar-refractivity contribution in [1.29, 1.82) is 0 Å². The SMILES string of the molecule is CCOc1cc(CNc2ccc(F)cc2)ccc1OCC(=O)Nc1ccc(OC)cc1. The van der Waals surface area contributed by atoms with Crippen LogP contribution in [0.4, 0.5) is 15.8 Å². The fraction of sp³-hybridized carbons (Fsp3) is 0.208. The van der Waals surface area contributed by atoms with Crippen molar-refractivity contribution in [1.82, 2.24) is 0 Å². The number of benzene rings is 3. The minimum Gasteiger partial charge on any atom is -0.497 e. The summed E-state index contributed by atoms with van der Waals surface area (Å²) >= 11 is 0. The van der Waals surface area contributed by atoms with Crippen LogP contribution in [0.15, 0.2) is 66.7 Å². The summed E-state index contributed by atoms with van der Waals surface area (Å²) in [5.74, 6) is 1.19. The van der Waals surface area contributed by atoms with Crippen LogP contribution in [0.5, 0.6) is 17.2 Å². The Bertz CT molecular complexity index is 991. The second-order valence-electron chi connectivity index (χ2n) is 6.64. The van der Waals surface area contributed by atoms with Gasteiger partial charge in [-0.15, -0.1) is 0 Å². The van der Waals surface area contributed by atoms with Gasteiger partial charge in [-0.25, -0.2) is 4.39 Å². The van der Waals surface area contributed by atoms with Gasteiger partial charge in [0.05, 0.1) is 13.7 Å². The predicted molar refractivity (Wildman–Crippen MR) is 118 cm³/mol. The lowest BCUT2D eigenvalue weighted by atomic mass is 10.2. The number of ether oxygens (including phenoxy) is 3. The van der Waals surface area contributed by atoms with Gasteiger partial charge in [-0.3, -0.25) is 4.79 Å². The van der Waals surface area contributed by atoms with Crippen LogP contribution in [0.2, 0.25) is 0 Å². The number of nitrogens with one attached hydrogen (secondary N) is 2. The summed E-state index contributed by atoms with van der Waals surface area (Å²) in [5.41, 5.74) is 2.43. The van der Waals surface area contributed by atoms with Crippen molar-refractivity contribution < 1.29 is 23.4 Å². The first kappa shape index (κ1) is 22.0. The van der Waals surface area contributed by atoms with Crippen LogP contribution in [-0.2, 0) is 11.3 Å². The van der Waals surface area contributed by atoms with E-state index in [-0.39, 0.29) is 18.3 Å². The highest BCUT2D eigenvalue weighted by Crippen LogP contribution is 2.29. The van der Waals surface area contributed by atoms with Gasteiger partial charge in [0.1, 0.15) is 11.6 Å². The molecule has 0 saturated carbocycles. The molecule has 0 spiro atoms. The molecule has 0 aliphatic carbocycles. The van der Waals surface area contributed by atoms with Crippen molar-refractivity contribution in [3.8, 4) is 17.2 Å². The molecule has 3 aromatic carbocycles. The topological polar surface area (TPSA) is 68.8 Å². The Hall–Kier alpha value is -3.74. The summed E-state index contributed by atoms with van der Waals surface area (Å²) in [6.07, 6.45) is 0. The van der Waals surface area contributed by atoms with Crippen molar-refractivity contribution in [3.05, 3.63) is 78.1 Å². The third kappa shape index (κ3) is 6.64. The van der Waals surface area contributed by atoms with E-state index in [1.54, 1.807) is 49.6 Å². The zero-order valence-corrected chi connectivity index (χ0v) is 17.5. The van der Waals surface area contributed by atoms with Gasteiger partial charge in [0.25, 0.3) is 5.91 Å². The second-order valence-corrected chi connectivity index (χ2v) is 6.64. The van der Waals surface area contributed by atoms with E-state index in [4.69, 9.17) is 14.2 Å². The molecule has 162 valence electrons. The van der Waals surface area contributed by atoms with E-state index in [0.29, 0.717) is 36.1 Å². The first-order valence-corrected chi connectivity index (χ1v) is 9.89. The molecule has 0 atom stereocenters. The summed E-state index contributed by atoms with van der Waals surface area (Å²) in [4.78, 5) is 12.2. The molecule has 0 unspecified atom stereocenters. The molecule has 31 heavy (non-hydrogen) atoms. The summed E-state index contributed by atoms with van der Waals surface area (Å²) in [6.45, 7) is 2.72. The number of halogens is 1. The van der Waals surface area contributed by atoms with E-state index in [0.717, 1.165) is 11.3 Å². The minimum atomic E-state index is -0.283. The van der Waals surface area contributed by atoms with E-state index in [1.807, 2.05) is 19.1 Å². The smallest absolute Gasteiger partial charge is 0.262 e. The highest BCUT2D eigenvalue weighted by Gasteiger charge is 2.10. The minimum absolute atomic E-state index is 0.153. The Morgan fingerprint density at radius 1 is 0.903 bits per heavy atom. The molecule has 6 nitrogen and oxygen atoms in total. The molecule has 0 radical (unpaired) electrons. The van der Waals surface area contributed by atoms with Crippen LogP contribution in [0, 0.1) is 5.82 Å². The number of anilines is 2. The van der Waals surface area contributed by atoms with Crippen LogP contribution >= 0.6 is 0 Å². The normalized spacial score (nSPS) is 10.3. The first-order chi connectivity index (χ1) is 15.1. The van der Waals surface area contributed by atoms with Crippen LogP contribution in [0.3, 0.4) is 0 Å². The maximum atomic E-state index is 13.0. The Morgan fingerprint density at radius 2 is 1.61 bits per heavy atom. The van der Waals surface area contributed by atoms with E-state index >= 15 is 0 Å². The monoisotopic (exact) mass is 424 g/mol. The summed E-state index contributed by atoms with van der Waals surface area (Å²) in [6, 6.07) is 18.7. The van der Waals surface area contributed by atoms with Crippen molar-refractivity contribution in [3.63, 3.8) is 0 Å². The van der Waals surface area contributed by atoms with Gasteiger partial charge < -0.3 is 24.8 Å². The van der Waals surface area contributed by atoms with Crippen LogP contribution in [-0.4, -0.2) is 26.2 Å². The molecule has 1 amide bonds. The zero-order chi connectivity index (χ0) is 22.1. The van der Waals surface area contributed by atoms with Gasteiger partial charge in [-0.1, -0.05) is 6.07 Å². The molecule has 3 rings (SSSR count). The molecule has 0 fully saturated rings. The molecule has 0 heterocycles. The number of methoxy groups -OCH3 is 1. The Balaban J connectivity index is 1.57. The molecular formula is C24H25FN2O4. The molecule has 0 saturated heterocycles. The standard InChI is InChI=1S/C24H25FN2O4/c1-3-30-23-14-17(15-26-19-7-5-18(25)6-8-19)4-13-22(23)31-16-24(28)27-20-9-11-21(29-2)12-10-20/h4-14,26H,3,15-16H2,1-2H3,(H,27,28). The average molecular weight is 424 g/mol. The molecular weight excluding hydrogens is 399 g/mol. The Labute approximate surface area is 181 Å². The van der Waals surface area contributed by atoms with Crippen LogP contribution in [0.1, 0.15) is 12.5 Å². The summed E-state index contributed by atoms with van der Waals surface area (Å²) in [5, 5.41) is 6.00. The third-order valence-electron chi connectivity index (χ3n) is 4.38. The number of carbonyl (C=O) groups is 1. The Kier molecular flexibility index (Phi) is 7.70. The van der Waals surface area contributed by atoms with Gasteiger partial charge in [0.2, 0.25) is 0 Å². The zero-order valence-electron chi connectivity index (χ0n) is 17.5. The maximum absolute atomic E-state index is 13.0. The molecule has 3 aromatic rings. The molecule has 7 heteroatoms. The average Bonchev–Trinajstić information content (AvgIpc) is 2.79. The lowest BCUT2D eigenvalue weighted by molar-refractivity contribution is -0.118. The molecule has 0 aromatic heterocycles. The molecule has 0 aliphatic heterocycles. The van der Waals surface area contributed by atoms with Gasteiger partial charge in [0, 0.05) is 17.9 Å². The maximum Gasteiger partial charge on any atom is 0.262 e. The van der Waals surface area contributed by atoms with E-state index in [1.165, 1.54) is 12.1 Å². The summed E-state index contributed by atoms with van der Waals surface area (Å²) < 4.78 is 29.5. The van der Waals surface area contributed by atoms with Gasteiger partial charge in [-0.2, -0.15) is 0 Å². The van der Waals surface area contributed by atoms with E-state index in [9.17, 15) is 9.18 Å². The van der Waals surface area contributed by atoms with Crippen LogP contribution < -0.4 is 24.8 Å². The number of carbonyl (C=O) groups excluding carboxylic acids is 1. The van der Waals surface area contributed by atoms with Crippen molar-refractivity contribution in [2.24, 2.45) is 0 Å². The van der Waals surface area contributed by atoms with Gasteiger partial charge >= 0.3 is 0 Å². The predicted octanol–water partition coefficient (Wildman–Crippen LogP) is 4.86. The van der Waals surface area contributed by atoms with E-state index in [2.05, 4.69) is 10.6 Å². The Morgan fingerprint density at radius 3 is 2.29 bits per heavy atom. The molecule has 0 aliphatic rings. The van der Waals surface area contributed by atoms with Crippen LogP contribution in [0.25, 0.3) is 0 Å². The van der Waals surface area contributed by atoms with Crippen molar-refractivity contribution >= 4 is 17.3 Å². The van der Waals surface area contributed by atoms with Crippen molar-refractivity contribution in [2.75, 3.05) is 31.0 Å². The summed E-state index contributed by atoms with van der Waals surface area (Å²) in [7, 11) is 1.58. The van der Waals surface area contributed by atoms with Gasteiger partial charge in [-0.05, 0) is 73.2 Å². The highest BCUT2D eigenvalue weighted by atomic mass is 19.1. The molecule has 0 bridgehead atoms. The highest BCUT2D eigenvalue weighted by molar-refractivity contribution is 5.91. The first-order valence-electron chi connectivity index (χ1n) is 9.89. The lowest BCUT2D eigenvalue weighted by Crippen LogP contribution is -2.20. The van der Waals surface area contributed by atoms with E-state index < -0.39 is 0 Å². The number of amides is 1. The van der Waals surface area contributed by atoms with Gasteiger partial charge in [0.15, 0.2) is 18.1 Å². The fourth-order valence-corrected chi connectivity index (χ4v) is 2.84.